The van der Waals surface area contributed by atoms with Crippen LogP contribution >= 0.6 is 0 Å². The lowest BCUT2D eigenvalue weighted by Crippen LogP contribution is -2.56. The first-order chi connectivity index (χ1) is 13.6. The van der Waals surface area contributed by atoms with Crippen LogP contribution in [0.5, 0.6) is 0 Å². The van der Waals surface area contributed by atoms with Crippen LogP contribution in [-0.4, -0.2) is 65.6 Å². The van der Waals surface area contributed by atoms with Crippen LogP contribution in [0.1, 0.15) is 28.4 Å². The first-order valence-corrected chi connectivity index (χ1v) is 10.4. The number of carbonyl (C=O) groups excluding carboxylic acids is 1. The normalized spacial score (nSPS) is 24.5. The summed E-state index contributed by atoms with van der Waals surface area (Å²) in [6.07, 6.45) is 1.39. The molecule has 0 bridgehead atoms. The van der Waals surface area contributed by atoms with Crippen LogP contribution < -0.4 is 0 Å². The highest BCUT2D eigenvalue weighted by Gasteiger charge is 2.33. The van der Waals surface area contributed by atoms with E-state index in [4.69, 9.17) is 0 Å². The Kier molecular flexibility index (Phi) is 5.90. The molecule has 4 heteroatoms. The molecule has 0 radical (unpaired) electrons. The highest BCUT2D eigenvalue weighted by Crippen LogP contribution is 2.26. The Morgan fingerprint density at radius 3 is 2.25 bits per heavy atom. The van der Waals surface area contributed by atoms with E-state index in [1.54, 1.807) is 0 Å². The average Bonchev–Trinajstić information content (AvgIpc) is 2.74. The van der Waals surface area contributed by atoms with Crippen LogP contribution in [0.3, 0.4) is 0 Å². The molecule has 28 heavy (non-hydrogen) atoms. The lowest BCUT2D eigenvalue weighted by Gasteiger charge is -2.43. The summed E-state index contributed by atoms with van der Waals surface area (Å²) in [4.78, 5) is 17.5. The predicted molar refractivity (Wildman–Crippen MR) is 112 cm³/mol. The molecule has 148 valence electrons. The zero-order chi connectivity index (χ0) is 19.5. The molecule has 1 N–H and O–H groups in total. The van der Waals surface area contributed by atoms with Crippen LogP contribution in [0, 0.1) is 5.92 Å². The van der Waals surface area contributed by atoms with Crippen LogP contribution in [-0.2, 0) is 12.8 Å². The van der Waals surface area contributed by atoms with E-state index in [1.807, 2.05) is 37.3 Å². The van der Waals surface area contributed by atoms with Gasteiger partial charge in [0.25, 0.3) is 0 Å². The van der Waals surface area contributed by atoms with Gasteiger partial charge in [-0.15, -0.1) is 0 Å². The zero-order valence-corrected chi connectivity index (χ0v) is 16.6. The highest BCUT2D eigenvalue weighted by atomic mass is 16.3. The fourth-order valence-electron chi connectivity index (χ4n) is 4.69. The van der Waals surface area contributed by atoms with Crippen molar-refractivity contribution in [2.24, 2.45) is 5.92 Å². The number of Topliss-reactive ketones (excluding diaryl/α,β-unsaturated/α-hetero) is 1. The minimum absolute atomic E-state index is 0.00102. The molecule has 1 heterocycles. The number of nitrogens with zero attached hydrogens (tertiary/aromatic N) is 2. The molecule has 2 aromatic carbocycles. The number of aliphatic hydroxyl groups is 1. The van der Waals surface area contributed by atoms with Crippen molar-refractivity contribution in [3.63, 3.8) is 0 Å². The van der Waals surface area contributed by atoms with Crippen molar-refractivity contribution >= 4 is 5.78 Å². The summed E-state index contributed by atoms with van der Waals surface area (Å²) in [5, 5.41) is 10.7. The van der Waals surface area contributed by atoms with Crippen molar-refractivity contribution in [2.75, 3.05) is 32.7 Å². The Bertz CT molecular complexity index is 799. The maximum atomic E-state index is 12.6. The molecule has 1 aliphatic carbocycles. The number of hydrogen-bond donors (Lipinski definition) is 1. The van der Waals surface area contributed by atoms with E-state index in [-0.39, 0.29) is 23.8 Å². The number of aliphatic hydroxyl groups excluding tert-OH is 1. The summed E-state index contributed by atoms with van der Waals surface area (Å²) in [7, 11) is 0. The van der Waals surface area contributed by atoms with Gasteiger partial charge in [0.15, 0.2) is 5.78 Å². The fraction of sp³-hybridized carbons (Fsp3) is 0.458. The summed E-state index contributed by atoms with van der Waals surface area (Å²) in [6.45, 7) is 6.65. The molecule has 3 unspecified atom stereocenters. The lowest BCUT2D eigenvalue weighted by atomic mass is 9.85. The Morgan fingerprint density at radius 2 is 1.57 bits per heavy atom. The molecule has 1 saturated heterocycles. The molecule has 4 nitrogen and oxygen atoms in total. The fourth-order valence-corrected chi connectivity index (χ4v) is 4.69. The minimum Gasteiger partial charge on any atom is -0.391 e. The average molecular weight is 379 g/mol. The number of ketones is 1. The monoisotopic (exact) mass is 378 g/mol. The van der Waals surface area contributed by atoms with Gasteiger partial charge in [0.1, 0.15) is 0 Å². The molecule has 0 saturated carbocycles. The van der Waals surface area contributed by atoms with Gasteiger partial charge in [-0.1, -0.05) is 61.5 Å². The van der Waals surface area contributed by atoms with Gasteiger partial charge in [-0.3, -0.25) is 9.69 Å². The van der Waals surface area contributed by atoms with E-state index in [1.165, 1.54) is 11.1 Å². The number of rotatable bonds is 5. The molecule has 2 aliphatic rings. The van der Waals surface area contributed by atoms with Crippen molar-refractivity contribution < 1.29 is 9.90 Å². The standard InChI is InChI=1S/C24H30N2O2/c1-18(24(28)19-7-3-2-4-8-19)17-25-11-13-26(14-12-25)22-15-20-9-5-6-10-21(20)16-23(22)27/h2-10,18,22-23,27H,11-17H2,1H3. The first kappa shape index (κ1) is 19.3. The van der Waals surface area contributed by atoms with Gasteiger partial charge >= 0.3 is 0 Å². The Labute approximate surface area is 167 Å². The molecule has 1 aliphatic heterocycles. The second-order valence-corrected chi connectivity index (χ2v) is 8.28. The van der Waals surface area contributed by atoms with Crippen molar-refractivity contribution in [3.05, 3.63) is 71.3 Å². The third-order valence-corrected chi connectivity index (χ3v) is 6.33. The number of fused-ring (bicyclic) bond motifs is 1. The van der Waals surface area contributed by atoms with E-state index in [0.29, 0.717) is 0 Å². The summed E-state index contributed by atoms with van der Waals surface area (Å²) in [5.74, 6) is 0.225. The van der Waals surface area contributed by atoms with E-state index in [2.05, 4.69) is 34.1 Å². The lowest BCUT2D eigenvalue weighted by molar-refractivity contribution is 0.0121. The maximum absolute atomic E-state index is 12.6. The quantitative estimate of drug-likeness (QED) is 0.813. The van der Waals surface area contributed by atoms with Gasteiger partial charge in [-0.05, 0) is 17.5 Å². The van der Waals surface area contributed by atoms with Gasteiger partial charge in [-0.25, -0.2) is 0 Å². The number of hydrogen-bond acceptors (Lipinski definition) is 4. The van der Waals surface area contributed by atoms with Crippen LogP contribution in [0.4, 0.5) is 0 Å². The smallest absolute Gasteiger partial charge is 0.166 e. The molecule has 3 atom stereocenters. The minimum atomic E-state index is -0.292. The summed E-state index contributed by atoms with van der Waals surface area (Å²) in [5.41, 5.74) is 3.47. The molecule has 1 fully saturated rings. The van der Waals surface area contributed by atoms with Crippen LogP contribution in [0.15, 0.2) is 54.6 Å². The number of benzene rings is 2. The second-order valence-electron chi connectivity index (χ2n) is 8.28. The molecule has 0 spiro atoms. The number of piperazine rings is 1. The van der Waals surface area contributed by atoms with E-state index >= 15 is 0 Å². The topological polar surface area (TPSA) is 43.8 Å². The Hall–Kier alpha value is -2.01. The van der Waals surface area contributed by atoms with Crippen molar-refractivity contribution in [1.82, 2.24) is 9.80 Å². The van der Waals surface area contributed by atoms with Crippen molar-refractivity contribution in [3.8, 4) is 0 Å². The van der Waals surface area contributed by atoms with Crippen LogP contribution in [0.25, 0.3) is 0 Å². The zero-order valence-electron chi connectivity index (χ0n) is 16.6. The van der Waals surface area contributed by atoms with Gasteiger partial charge in [0.2, 0.25) is 0 Å². The van der Waals surface area contributed by atoms with Gasteiger partial charge in [-0.2, -0.15) is 0 Å². The van der Waals surface area contributed by atoms with E-state index < -0.39 is 0 Å². The van der Waals surface area contributed by atoms with E-state index in [9.17, 15) is 9.90 Å². The third kappa shape index (κ3) is 4.19. The Balaban J connectivity index is 1.31. The van der Waals surface area contributed by atoms with E-state index in [0.717, 1.165) is 51.1 Å². The van der Waals surface area contributed by atoms with Crippen molar-refractivity contribution in [2.45, 2.75) is 31.9 Å². The van der Waals surface area contributed by atoms with Crippen molar-refractivity contribution in [1.29, 1.82) is 0 Å². The summed E-state index contributed by atoms with van der Waals surface area (Å²) in [6, 6.07) is 18.3. The SMILES string of the molecule is CC(CN1CCN(C2Cc3ccccc3CC2O)CC1)C(=O)c1ccccc1. The third-order valence-electron chi connectivity index (χ3n) is 6.33. The molecular weight excluding hydrogens is 348 g/mol. The second kappa shape index (κ2) is 8.56. The van der Waals surface area contributed by atoms with Gasteiger partial charge in [0.05, 0.1) is 6.10 Å². The Morgan fingerprint density at radius 1 is 0.964 bits per heavy atom. The predicted octanol–water partition coefficient (Wildman–Crippen LogP) is 2.65. The van der Waals surface area contributed by atoms with Gasteiger partial charge < -0.3 is 10.0 Å². The number of carbonyl (C=O) groups is 1. The largest absolute Gasteiger partial charge is 0.391 e. The summed E-state index contributed by atoms with van der Waals surface area (Å²) < 4.78 is 0. The highest BCUT2D eigenvalue weighted by molar-refractivity contribution is 5.97. The van der Waals surface area contributed by atoms with Gasteiger partial charge in [0, 0.05) is 56.7 Å². The summed E-state index contributed by atoms with van der Waals surface area (Å²) >= 11 is 0. The maximum Gasteiger partial charge on any atom is 0.166 e. The molecule has 2 aromatic rings. The molecule has 4 rings (SSSR count). The van der Waals surface area contributed by atoms with Crippen LogP contribution in [0.2, 0.25) is 0 Å². The molecule has 0 amide bonds. The molecular formula is C24H30N2O2. The molecule has 0 aromatic heterocycles. The first-order valence-electron chi connectivity index (χ1n) is 10.4.